The molecule has 158 valence electrons. The first kappa shape index (κ1) is 20.4. The maximum absolute atomic E-state index is 14.2. The standard InChI is InChI=1S/C24H23FN4O2/c25-22-15-17(14-18(23(22)30)16-26-28-20-6-2-1-3-7-20)24(31)27-19-8-10-21(11-9-19)29-12-4-5-13-29/h1-3,6-11,14-16,28,30H,4-5,12-13H2,(H,27,31)/b26-16+. The van der Waals surface area contributed by atoms with Crippen LogP contribution >= 0.6 is 0 Å². The first-order chi connectivity index (χ1) is 15.1. The van der Waals surface area contributed by atoms with E-state index in [-0.39, 0.29) is 11.1 Å². The fraction of sp³-hybridized carbons (Fsp3) is 0.167. The molecule has 0 atom stereocenters. The van der Waals surface area contributed by atoms with E-state index in [0.717, 1.165) is 30.5 Å². The van der Waals surface area contributed by atoms with E-state index in [9.17, 15) is 14.3 Å². The van der Waals surface area contributed by atoms with Gasteiger partial charge in [0, 0.05) is 35.6 Å². The molecular weight excluding hydrogens is 395 g/mol. The Morgan fingerprint density at radius 3 is 2.42 bits per heavy atom. The van der Waals surface area contributed by atoms with Crippen LogP contribution in [0.5, 0.6) is 5.75 Å². The van der Waals surface area contributed by atoms with Gasteiger partial charge in [0.2, 0.25) is 0 Å². The van der Waals surface area contributed by atoms with Crippen LogP contribution in [0.1, 0.15) is 28.8 Å². The molecule has 31 heavy (non-hydrogen) atoms. The second kappa shape index (κ2) is 9.30. The van der Waals surface area contributed by atoms with Gasteiger partial charge in [0.05, 0.1) is 11.9 Å². The summed E-state index contributed by atoms with van der Waals surface area (Å²) in [5.74, 6) is -1.93. The highest BCUT2D eigenvalue weighted by atomic mass is 19.1. The van der Waals surface area contributed by atoms with Gasteiger partial charge in [-0.25, -0.2) is 4.39 Å². The van der Waals surface area contributed by atoms with Crippen LogP contribution in [0.15, 0.2) is 71.8 Å². The van der Waals surface area contributed by atoms with Crippen LogP contribution in [-0.2, 0) is 0 Å². The third-order valence-corrected chi connectivity index (χ3v) is 5.12. The molecule has 0 radical (unpaired) electrons. The van der Waals surface area contributed by atoms with Crippen molar-refractivity contribution in [2.24, 2.45) is 5.10 Å². The van der Waals surface area contributed by atoms with Crippen molar-refractivity contribution in [3.8, 4) is 5.75 Å². The van der Waals surface area contributed by atoms with Crippen LogP contribution in [0, 0.1) is 5.82 Å². The molecular formula is C24H23FN4O2. The first-order valence-corrected chi connectivity index (χ1v) is 10.1. The van der Waals surface area contributed by atoms with Crippen molar-refractivity contribution in [1.82, 2.24) is 0 Å². The van der Waals surface area contributed by atoms with Crippen molar-refractivity contribution in [3.63, 3.8) is 0 Å². The van der Waals surface area contributed by atoms with E-state index in [2.05, 4.69) is 20.7 Å². The summed E-state index contributed by atoms with van der Waals surface area (Å²) in [7, 11) is 0. The topological polar surface area (TPSA) is 77.0 Å². The Bertz CT molecular complexity index is 1080. The monoisotopic (exact) mass is 418 g/mol. The smallest absolute Gasteiger partial charge is 0.255 e. The lowest BCUT2D eigenvalue weighted by Gasteiger charge is -2.17. The van der Waals surface area contributed by atoms with Gasteiger partial charge in [0.25, 0.3) is 5.91 Å². The van der Waals surface area contributed by atoms with E-state index in [1.165, 1.54) is 25.1 Å². The van der Waals surface area contributed by atoms with E-state index >= 15 is 0 Å². The first-order valence-electron chi connectivity index (χ1n) is 10.1. The third kappa shape index (κ3) is 5.01. The molecule has 3 N–H and O–H groups in total. The highest BCUT2D eigenvalue weighted by Crippen LogP contribution is 2.24. The molecule has 7 heteroatoms. The minimum atomic E-state index is -0.891. The fourth-order valence-corrected chi connectivity index (χ4v) is 3.47. The fourth-order valence-electron chi connectivity index (χ4n) is 3.47. The molecule has 1 heterocycles. The Balaban J connectivity index is 1.46. The Morgan fingerprint density at radius 2 is 1.71 bits per heavy atom. The van der Waals surface area contributed by atoms with Gasteiger partial charge in [-0.1, -0.05) is 18.2 Å². The minimum Gasteiger partial charge on any atom is -0.504 e. The summed E-state index contributed by atoms with van der Waals surface area (Å²) in [6.45, 7) is 2.09. The molecule has 0 bridgehead atoms. The molecule has 6 nitrogen and oxygen atoms in total. The average molecular weight is 418 g/mol. The minimum absolute atomic E-state index is 0.0834. The molecule has 3 aromatic carbocycles. The van der Waals surface area contributed by atoms with Gasteiger partial charge in [0.15, 0.2) is 11.6 Å². The second-order valence-corrected chi connectivity index (χ2v) is 7.33. The van der Waals surface area contributed by atoms with Gasteiger partial charge in [-0.3, -0.25) is 10.2 Å². The molecule has 0 aromatic heterocycles. The number of anilines is 3. The predicted octanol–water partition coefficient (Wildman–Crippen LogP) is 4.83. The second-order valence-electron chi connectivity index (χ2n) is 7.33. The summed E-state index contributed by atoms with van der Waals surface area (Å²) in [4.78, 5) is 14.9. The van der Waals surface area contributed by atoms with Crippen molar-refractivity contribution < 1.29 is 14.3 Å². The molecule has 1 amide bonds. The van der Waals surface area contributed by atoms with Crippen molar-refractivity contribution in [2.75, 3.05) is 28.7 Å². The Morgan fingerprint density at radius 1 is 1.00 bits per heavy atom. The quantitative estimate of drug-likeness (QED) is 0.396. The maximum Gasteiger partial charge on any atom is 0.255 e. The number of carbonyl (C=O) groups is 1. The SMILES string of the molecule is O=C(Nc1ccc(N2CCCC2)cc1)c1cc(F)c(O)c(/C=N/Nc2ccccc2)c1. The van der Waals surface area contributed by atoms with Crippen molar-refractivity contribution >= 4 is 29.2 Å². The number of aromatic hydroxyl groups is 1. The molecule has 1 aliphatic rings. The summed E-state index contributed by atoms with van der Waals surface area (Å²) in [5, 5.41) is 16.8. The largest absolute Gasteiger partial charge is 0.504 e. The van der Waals surface area contributed by atoms with Crippen LogP contribution in [0.2, 0.25) is 0 Å². The zero-order valence-electron chi connectivity index (χ0n) is 16.9. The maximum atomic E-state index is 14.2. The number of halogens is 1. The molecule has 1 fully saturated rings. The number of rotatable bonds is 6. The van der Waals surface area contributed by atoms with Crippen LogP contribution in [0.3, 0.4) is 0 Å². The lowest BCUT2D eigenvalue weighted by Crippen LogP contribution is -2.17. The summed E-state index contributed by atoms with van der Waals surface area (Å²) in [6.07, 6.45) is 3.65. The molecule has 4 rings (SSSR count). The van der Waals surface area contributed by atoms with Gasteiger partial charge in [-0.15, -0.1) is 0 Å². The number of nitrogens with zero attached hydrogens (tertiary/aromatic N) is 2. The van der Waals surface area contributed by atoms with E-state index in [4.69, 9.17) is 0 Å². The zero-order chi connectivity index (χ0) is 21.6. The lowest BCUT2D eigenvalue weighted by atomic mass is 10.1. The van der Waals surface area contributed by atoms with Gasteiger partial charge in [-0.05, 0) is 61.4 Å². The van der Waals surface area contributed by atoms with Crippen LogP contribution < -0.4 is 15.6 Å². The molecule has 0 unspecified atom stereocenters. The van der Waals surface area contributed by atoms with Crippen molar-refractivity contribution in [2.45, 2.75) is 12.8 Å². The Hall–Kier alpha value is -3.87. The molecule has 0 spiro atoms. The van der Waals surface area contributed by atoms with E-state index in [0.29, 0.717) is 5.69 Å². The van der Waals surface area contributed by atoms with Gasteiger partial charge in [0.1, 0.15) is 0 Å². The van der Waals surface area contributed by atoms with Crippen molar-refractivity contribution in [3.05, 3.63) is 83.7 Å². The summed E-state index contributed by atoms with van der Waals surface area (Å²) in [6, 6.07) is 19.2. The number of hydrazone groups is 1. The predicted molar refractivity (Wildman–Crippen MR) is 122 cm³/mol. The summed E-state index contributed by atoms with van der Waals surface area (Å²) < 4.78 is 14.2. The number of nitrogens with one attached hydrogen (secondary N) is 2. The van der Waals surface area contributed by atoms with E-state index < -0.39 is 17.5 Å². The number of phenolic OH excluding ortho intramolecular Hbond substituents is 1. The number of phenols is 1. The van der Waals surface area contributed by atoms with Crippen LogP contribution in [0.25, 0.3) is 0 Å². The Kier molecular flexibility index (Phi) is 6.12. The highest BCUT2D eigenvalue weighted by molar-refractivity contribution is 6.05. The van der Waals surface area contributed by atoms with E-state index in [1.807, 2.05) is 54.6 Å². The molecule has 0 saturated carbocycles. The van der Waals surface area contributed by atoms with Gasteiger partial charge >= 0.3 is 0 Å². The normalized spacial score (nSPS) is 13.5. The summed E-state index contributed by atoms with van der Waals surface area (Å²) >= 11 is 0. The van der Waals surface area contributed by atoms with Gasteiger partial charge in [-0.2, -0.15) is 5.10 Å². The van der Waals surface area contributed by atoms with Crippen LogP contribution in [-0.4, -0.2) is 30.3 Å². The van der Waals surface area contributed by atoms with E-state index in [1.54, 1.807) is 0 Å². The number of amides is 1. The summed E-state index contributed by atoms with van der Waals surface area (Å²) in [5.41, 5.74) is 5.44. The molecule has 3 aromatic rings. The molecule has 0 aliphatic carbocycles. The number of hydrogen-bond acceptors (Lipinski definition) is 5. The molecule has 1 aliphatic heterocycles. The van der Waals surface area contributed by atoms with Crippen molar-refractivity contribution in [1.29, 1.82) is 0 Å². The highest BCUT2D eigenvalue weighted by Gasteiger charge is 2.15. The average Bonchev–Trinajstić information content (AvgIpc) is 3.33. The number of benzene rings is 3. The third-order valence-electron chi connectivity index (χ3n) is 5.12. The number of hydrogen-bond donors (Lipinski definition) is 3. The lowest BCUT2D eigenvalue weighted by molar-refractivity contribution is 0.102. The zero-order valence-corrected chi connectivity index (χ0v) is 16.9. The number of para-hydroxylation sites is 1. The van der Waals surface area contributed by atoms with Gasteiger partial charge < -0.3 is 15.3 Å². The Labute approximate surface area is 180 Å². The molecule has 1 saturated heterocycles. The number of carbonyl (C=O) groups excluding carboxylic acids is 1. The van der Waals surface area contributed by atoms with Crippen LogP contribution in [0.4, 0.5) is 21.5 Å².